The fourth-order valence-corrected chi connectivity index (χ4v) is 3.34. The molecule has 0 spiro atoms. The summed E-state index contributed by atoms with van der Waals surface area (Å²) in [5.41, 5.74) is 1.98. The van der Waals surface area contributed by atoms with Crippen LogP contribution in [0.5, 0.6) is 5.88 Å². The van der Waals surface area contributed by atoms with Crippen LogP contribution in [0.4, 0.5) is 0 Å². The molecule has 0 saturated carbocycles. The van der Waals surface area contributed by atoms with Crippen molar-refractivity contribution in [2.24, 2.45) is 0 Å². The average molecular weight is 381 g/mol. The van der Waals surface area contributed by atoms with Gasteiger partial charge in [0.25, 0.3) is 0 Å². The van der Waals surface area contributed by atoms with E-state index in [-0.39, 0.29) is 6.04 Å². The average Bonchev–Trinajstić information content (AvgIpc) is 3.39. The van der Waals surface area contributed by atoms with Gasteiger partial charge in [-0.2, -0.15) is 4.98 Å². The molecule has 8 heteroatoms. The van der Waals surface area contributed by atoms with Crippen LogP contribution in [0.15, 0.2) is 47.4 Å². The predicted octanol–water partition coefficient (Wildman–Crippen LogP) is 2.89. The molecule has 0 radical (unpaired) electrons. The number of pyridine rings is 2. The Bertz CT molecular complexity index is 869. The number of likely N-dealkylation sites (tertiary alicyclic amines) is 1. The number of rotatable bonds is 8. The third kappa shape index (κ3) is 4.35. The lowest BCUT2D eigenvalue weighted by Gasteiger charge is -2.21. The number of ether oxygens (including phenoxy) is 2. The molecule has 1 aliphatic heterocycles. The third-order valence-electron chi connectivity index (χ3n) is 4.73. The Balaban J connectivity index is 1.43. The summed E-state index contributed by atoms with van der Waals surface area (Å²) in [5, 5.41) is 4.15. The summed E-state index contributed by atoms with van der Waals surface area (Å²) in [5.74, 6) is 1.74. The van der Waals surface area contributed by atoms with E-state index >= 15 is 0 Å². The van der Waals surface area contributed by atoms with Crippen molar-refractivity contribution >= 4 is 0 Å². The highest BCUT2D eigenvalue weighted by molar-refractivity contribution is 5.53. The van der Waals surface area contributed by atoms with Gasteiger partial charge in [0.2, 0.25) is 17.6 Å². The van der Waals surface area contributed by atoms with E-state index in [1.54, 1.807) is 25.6 Å². The predicted molar refractivity (Wildman–Crippen MR) is 102 cm³/mol. The van der Waals surface area contributed by atoms with Gasteiger partial charge in [0.1, 0.15) is 6.61 Å². The van der Waals surface area contributed by atoms with Crippen LogP contribution in [0.3, 0.4) is 0 Å². The fourth-order valence-electron chi connectivity index (χ4n) is 3.34. The Morgan fingerprint density at radius 1 is 1.21 bits per heavy atom. The first-order chi connectivity index (χ1) is 13.8. The highest BCUT2D eigenvalue weighted by Gasteiger charge is 2.30. The molecule has 3 aromatic rings. The summed E-state index contributed by atoms with van der Waals surface area (Å²) in [6, 6.07) is 7.85. The molecule has 0 unspecified atom stereocenters. The normalized spacial score (nSPS) is 17.1. The molecule has 1 saturated heterocycles. The molecule has 146 valence electrons. The standard InChI is InChI=1S/C20H23N5O3/c1-26-10-11-27-18-7-6-16(13-22-18)19-23-20(28-24-19)17-5-3-9-25(17)14-15-4-2-8-21-12-15/h2,4,6-8,12-13,17H,3,5,9-11,14H2,1H3/t17-/m0/s1. The molecule has 0 N–H and O–H groups in total. The van der Waals surface area contributed by atoms with Crippen LogP contribution in [-0.4, -0.2) is 51.9 Å². The van der Waals surface area contributed by atoms with Gasteiger partial charge in [-0.15, -0.1) is 0 Å². The van der Waals surface area contributed by atoms with E-state index in [1.165, 1.54) is 5.56 Å². The van der Waals surface area contributed by atoms with E-state index in [4.69, 9.17) is 14.0 Å². The van der Waals surface area contributed by atoms with Gasteiger partial charge in [-0.25, -0.2) is 4.98 Å². The van der Waals surface area contributed by atoms with Crippen LogP contribution >= 0.6 is 0 Å². The van der Waals surface area contributed by atoms with Gasteiger partial charge < -0.3 is 14.0 Å². The van der Waals surface area contributed by atoms with Gasteiger partial charge in [-0.05, 0) is 37.1 Å². The summed E-state index contributed by atoms with van der Waals surface area (Å²) in [7, 11) is 1.63. The van der Waals surface area contributed by atoms with Gasteiger partial charge in [-0.3, -0.25) is 9.88 Å². The van der Waals surface area contributed by atoms with Crippen LogP contribution in [0.2, 0.25) is 0 Å². The number of aromatic nitrogens is 4. The highest BCUT2D eigenvalue weighted by Crippen LogP contribution is 2.33. The minimum Gasteiger partial charge on any atom is -0.475 e. The second-order valence-corrected chi connectivity index (χ2v) is 6.67. The smallest absolute Gasteiger partial charge is 0.244 e. The molecule has 1 atom stereocenters. The summed E-state index contributed by atoms with van der Waals surface area (Å²) >= 11 is 0. The second-order valence-electron chi connectivity index (χ2n) is 6.67. The molecular weight excluding hydrogens is 358 g/mol. The van der Waals surface area contributed by atoms with Crippen LogP contribution in [0.25, 0.3) is 11.4 Å². The lowest BCUT2D eigenvalue weighted by atomic mass is 10.2. The quantitative estimate of drug-likeness (QED) is 0.551. The molecule has 8 nitrogen and oxygen atoms in total. The van der Waals surface area contributed by atoms with Crippen LogP contribution < -0.4 is 4.74 Å². The first kappa shape index (κ1) is 18.5. The zero-order valence-corrected chi connectivity index (χ0v) is 15.8. The van der Waals surface area contributed by atoms with Crippen molar-refractivity contribution in [2.75, 3.05) is 26.9 Å². The summed E-state index contributed by atoms with van der Waals surface area (Å²) in [6.07, 6.45) is 7.50. The highest BCUT2D eigenvalue weighted by atomic mass is 16.5. The molecule has 0 amide bonds. The topological polar surface area (TPSA) is 86.4 Å². The lowest BCUT2D eigenvalue weighted by Crippen LogP contribution is -2.23. The van der Waals surface area contributed by atoms with Gasteiger partial charge in [0.05, 0.1) is 12.6 Å². The summed E-state index contributed by atoms with van der Waals surface area (Å²) < 4.78 is 16.0. The number of hydrogen-bond acceptors (Lipinski definition) is 8. The molecule has 0 aliphatic carbocycles. The Morgan fingerprint density at radius 2 is 2.18 bits per heavy atom. The Morgan fingerprint density at radius 3 is 2.96 bits per heavy atom. The third-order valence-corrected chi connectivity index (χ3v) is 4.73. The number of hydrogen-bond donors (Lipinski definition) is 0. The lowest BCUT2D eigenvalue weighted by molar-refractivity contribution is 0.144. The maximum absolute atomic E-state index is 5.59. The first-order valence-electron chi connectivity index (χ1n) is 9.38. The van der Waals surface area contributed by atoms with E-state index < -0.39 is 0 Å². The maximum atomic E-state index is 5.59. The van der Waals surface area contributed by atoms with E-state index in [0.717, 1.165) is 31.5 Å². The maximum Gasteiger partial charge on any atom is 0.244 e. The molecule has 4 heterocycles. The molecule has 1 aliphatic rings. The van der Waals surface area contributed by atoms with Crippen molar-refractivity contribution in [1.29, 1.82) is 0 Å². The van der Waals surface area contributed by atoms with Crippen molar-refractivity contribution in [3.8, 4) is 17.3 Å². The van der Waals surface area contributed by atoms with Crippen molar-refractivity contribution in [3.63, 3.8) is 0 Å². The Labute approximate surface area is 163 Å². The van der Waals surface area contributed by atoms with Gasteiger partial charge in [0.15, 0.2) is 0 Å². The zero-order chi connectivity index (χ0) is 19.2. The van der Waals surface area contributed by atoms with Crippen molar-refractivity contribution in [1.82, 2.24) is 25.0 Å². The number of methoxy groups -OCH3 is 1. The van der Waals surface area contributed by atoms with Crippen LogP contribution in [-0.2, 0) is 11.3 Å². The van der Waals surface area contributed by atoms with Crippen LogP contribution in [0, 0.1) is 0 Å². The van der Waals surface area contributed by atoms with Gasteiger partial charge in [0, 0.05) is 43.9 Å². The molecule has 28 heavy (non-hydrogen) atoms. The summed E-state index contributed by atoms with van der Waals surface area (Å²) in [4.78, 5) is 15.5. The Kier molecular flexibility index (Phi) is 5.89. The van der Waals surface area contributed by atoms with Crippen molar-refractivity contribution in [2.45, 2.75) is 25.4 Å². The first-order valence-corrected chi connectivity index (χ1v) is 9.38. The Hall–Kier alpha value is -2.84. The van der Waals surface area contributed by atoms with Gasteiger partial charge in [-0.1, -0.05) is 11.2 Å². The van der Waals surface area contributed by atoms with Crippen molar-refractivity contribution in [3.05, 3.63) is 54.3 Å². The van der Waals surface area contributed by atoms with Gasteiger partial charge >= 0.3 is 0 Å². The molecular formula is C20H23N5O3. The van der Waals surface area contributed by atoms with Crippen LogP contribution in [0.1, 0.15) is 30.3 Å². The van der Waals surface area contributed by atoms with E-state index in [2.05, 4.69) is 31.1 Å². The zero-order valence-electron chi connectivity index (χ0n) is 15.8. The van der Waals surface area contributed by atoms with E-state index in [9.17, 15) is 0 Å². The number of nitrogens with zero attached hydrogens (tertiary/aromatic N) is 5. The molecule has 0 aromatic carbocycles. The minimum atomic E-state index is 0.131. The SMILES string of the molecule is COCCOc1ccc(-c2noc([C@@H]3CCCN3Cc3cccnc3)n2)cn1. The summed E-state index contributed by atoms with van der Waals surface area (Å²) in [6.45, 7) is 2.82. The van der Waals surface area contributed by atoms with Crippen molar-refractivity contribution < 1.29 is 14.0 Å². The molecule has 4 rings (SSSR count). The minimum absolute atomic E-state index is 0.131. The van der Waals surface area contributed by atoms with E-state index in [1.807, 2.05) is 18.3 Å². The second kappa shape index (κ2) is 8.90. The largest absolute Gasteiger partial charge is 0.475 e. The molecule has 0 bridgehead atoms. The van der Waals surface area contributed by atoms with E-state index in [0.29, 0.717) is 30.8 Å². The fraction of sp³-hybridized carbons (Fsp3) is 0.400. The molecule has 3 aromatic heterocycles. The monoisotopic (exact) mass is 381 g/mol. The molecule has 1 fully saturated rings.